The van der Waals surface area contributed by atoms with Crippen LogP contribution in [-0.4, -0.2) is 12.1 Å². The van der Waals surface area contributed by atoms with Gasteiger partial charge in [0.05, 0.1) is 17.8 Å². The Morgan fingerprint density at radius 3 is 2.40 bits per heavy atom. The molecular weight excluding hydrogens is 268 g/mol. The standard InChI is InChI=1S/C16H22N2OS/c1-16(2,3)14-10-20-15(18-14)9-13(17)11-5-7-12(19-4)8-6-11/h5-8,10,13H,9,17H2,1-4H3. The van der Waals surface area contributed by atoms with Gasteiger partial charge in [0.1, 0.15) is 5.75 Å². The van der Waals surface area contributed by atoms with E-state index in [1.165, 1.54) is 0 Å². The van der Waals surface area contributed by atoms with E-state index >= 15 is 0 Å². The lowest BCUT2D eigenvalue weighted by atomic mass is 9.93. The molecule has 0 fully saturated rings. The topological polar surface area (TPSA) is 48.1 Å². The third kappa shape index (κ3) is 3.58. The highest BCUT2D eigenvalue weighted by Crippen LogP contribution is 2.26. The predicted molar refractivity (Wildman–Crippen MR) is 84.4 cm³/mol. The smallest absolute Gasteiger partial charge is 0.118 e. The van der Waals surface area contributed by atoms with E-state index in [0.717, 1.165) is 28.4 Å². The fourth-order valence-corrected chi connectivity index (χ4v) is 2.99. The Morgan fingerprint density at radius 2 is 1.90 bits per heavy atom. The quantitative estimate of drug-likeness (QED) is 0.934. The number of rotatable bonds is 4. The maximum Gasteiger partial charge on any atom is 0.118 e. The summed E-state index contributed by atoms with van der Waals surface area (Å²) in [6.07, 6.45) is 0.771. The van der Waals surface area contributed by atoms with Crippen LogP contribution >= 0.6 is 11.3 Å². The molecule has 0 spiro atoms. The highest BCUT2D eigenvalue weighted by molar-refractivity contribution is 7.09. The number of thiazole rings is 1. The summed E-state index contributed by atoms with van der Waals surface area (Å²) < 4.78 is 5.16. The molecular formula is C16H22N2OS. The minimum absolute atomic E-state index is 0.0279. The molecule has 0 aliphatic heterocycles. The fraction of sp³-hybridized carbons (Fsp3) is 0.438. The van der Waals surface area contributed by atoms with Crippen LogP contribution in [-0.2, 0) is 11.8 Å². The molecule has 0 bridgehead atoms. The molecule has 0 radical (unpaired) electrons. The number of ether oxygens (including phenoxy) is 1. The van der Waals surface area contributed by atoms with E-state index in [2.05, 4.69) is 26.2 Å². The van der Waals surface area contributed by atoms with Crippen LogP contribution in [0.25, 0.3) is 0 Å². The van der Waals surface area contributed by atoms with E-state index < -0.39 is 0 Å². The van der Waals surface area contributed by atoms with E-state index in [4.69, 9.17) is 15.5 Å². The normalized spacial score (nSPS) is 13.2. The Hall–Kier alpha value is -1.39. The van der Waals surface area contributed by atoms with Crippen LogP contribution in [0.15, 0.2) is 29.6 Å². The van der Waals surface area contributed by atoms with Crippen molar-refractivity contribution in [2.45, 2.75) is 38.6 Å². The zero-order chi connectivity index (χ0) is 14.8. The molecule has 2 aromatic rings. The molecule has 0 aliphatic rings. The van der Waals surface area contributed by atoms with E-state index in [-0.39, 0.29) is 11.5 Å². The molecule has 0 aliphatic carbocycles. The van der Waals surface area contributed by atoms with Crippen molar-refractivity contribution in [1.82, 2.24) is 4.98 Å². The summed E-state index contributed by atoms with van der Waals surface area (Å²) in [4.78, 5) is 4.69. The lowest BCUT2D eigenvalue weighted by Gasteiger charge is -2.14. The van der Waals surface area contributed by atoms with Crippen LogP contribution in [0.2, 0.25) is 0 Å². The second-order valence-electron chi connectivity index (χ2n) is 5.96. The lowest BCUT2D eigenvalue weighted by Crippen LogP contribution is -2.14. The predicted octanol–water partition coefficient (Wildman–Crippen LogP) is 3.69. The molecule has 20 heavy (non-hydrogen) atoms. The maximum atomic E-state index is 6.26. The van der Waals surface area contributed by atoms with Gasteiger partial charge in [-0.3, -0.25) is 0 Å². The van der Waals surface area contributed by atoms with Crippen molar-refractivity contribution in [3.63, 3.8) is 0 Å². The molecule has 1 aromatic heterocycles. The van der Waals surface area contributed by atoms with Crippen molar-refractivity contribution in [2.75, 3.05) is 7.11 Å². The van der Waals surface area contributed by atoms with Gasteiger partial charge in [0.15, 0.2) is 0 Å². The number of benzene rings is 1. The second kappa shape index (κ2) is 5.94. The van der Waals surface area contributed by atoms with Crippen LogP contribution < -0.4 is 10.5 Å². The molecule has 1 atom stereocenters. The SMILES string of the molecule is COc1ccc(C(N)Cc2nc(C(C)(C)C)cs2)cc1. The maximum absolute atomic E-state index is 6.26. The number of methoxy groups -OCH3 is 1. The van der Waals surface area contributed by atoms with Gasteiger partial charge in [-0.2, -0.15) is 0 Å². The van der Waals surface area contributed by atoms with Crippen molar-refractivity contribution >= 4 is 11.3 Å². The highest BCUT2D eigenvalue weighted by Gasteiger charge is 2.18. The van der Waals surface area contributed by atoms with Crippen LogP contribution in [0.5, 0.6) is 5.75 Å². The van der Waals surface area contributed by atoms with Crippen molar-refractivity contribution in [2.24, 2.45) is 5.73 Å². The first-order valence-electron chi connectivity index (χ1n) is 6.74. The summed E-state index contributed by atoms with van der Waals surface area (Å²) >= 11 is 1.69. The van der Waals surface area contributed by atoms with Gasteiger partial charge in [-0.1, -0.05) is 32.9 Å². The third-order valence-electron chi connectivity index (χ3n) is 3.26. The average molecular weight is 290 g/mol. The second-order valence-corrected chi connectivity index (χ2v) is 6.90. The van der Waals surface area contributed by atoms with Gasteiger partial charge >= 0.3 is 0 Å². The van der Waals surface area contributed by atoms with Gasteiger partial charge in [0.25, 0.3) is 0 Å². The molecule has 108 valence electrons. The van der Waals surface area contributed by atoms with Crippen LogP contribution in [0.3, 0.4) is 0 Å². The Balaban J connectivity index is 2.07. The minimum atomic E-state index is -0.0279. The summed E-state index contributed by atoms with van der Waals surface area (Å²) in [5.74, 6) is 0.852. The first kappa shape index (κ1) is 15.0. The lowest BCUT2D eigenvalue weighted by molar-refractivity contribution is 0.414. The Kier molecular flexibility index (Phi) is 4.45. The molecule has 1 aromatic carbocycles. The zero-order valence-corrected chi connectivity index (χ0v) is 13.3. The number of nitrogens with two attached hydrogens (primary N) is 1. The third-order valence-corrected chi connectivity index (χ3v) is 4.13. The molecule has 4 heteroatoms. The average Bonchev–Trinajstić information content (AvgIpc) is 2.87. The van der Waals surface area contributed by atoms with Gasteiger partial charge in [-0.25, -0.2) is 4.98 Å². The first-order chi connectivity index (χ1) is 9.40. The fourth-order valence-electron chi connectivity index (χ4n) is 1.91. The summed E-state index contributed by atoms with van der Waals surface area (Å²) in [5.41, 5.74) is 8.61. The number of hydrogen-bond donors (Lipinski definition) is 1. The van der Waals surface area contributed by atoms with Crippen molar-refractivity contribution in [3.05, 3.63) is 45.9 Å². The Bertz CT molecular complexity index is 555. The highest BCUT2D eigenvalue weighted by atomic mass is 32.1. The van der Waals surface area contributed by atoms with Crippen LogP contribution in [0.4, 0.5) is 0 Å². The first-order valence-corrected chi connectivity index (χ1v) is 7.62. The summed E-state index contributed by atoms with van der Waals surface area (Å²) in [6.45, 7) is 6.53. The number of aromatic nitrogens is 1. The Morgan fingerprint density at radius 1 is 1.25 bits per heavy atom. The molecule has 0 amide bonds. The van der Waals surface area contributed by atoms with Crippen LogP contribution in [0, 0.1) is 0 Å². The largest absolute Gasteiger partial charge is 0.497 e. The van der Waals surface area contributed by atoms with E-state index in [0.29, 0.717) is 0 Å². The Labute approximate surface area is 124 Å². The van der Waals surface area contributed by atoms with Crippen molar-refractivity contribution < 1.29 is 4.74 Å². The van der Waals surface area contributed by atoms with E-state index in [1.807, 2.05) is 24.3 Å². The molecule has 2 N–H and O–H groups in total. The van der Waals surface area contributed by atoms with E-state index in [1.54, 1.807) is 18.4 Å². The zero-order valence-electron chi connectivity index (χ0n) is 12.5. The van der Waals surface area contributed by atoms with Gasteiger partial charge in [-0.15, -0.1) is 11.3 Å². The summed E-state index contributed by atoms with van der Waals surface area (Å²) in [6, 6.07) is 7.89. The van der Waals surface area contributed by atoms with Gasteiger partial charge in [-0.05, 0) is 17.7 Å². The molecule has 3 nitrogen and oxygen atoms in total. The van der Waals surface area contributed by atoms with Gasteiger partial charge in [0.2, 0.25) is 0 Å². The molecule has 1 unspecified atom stereocenters. The van der Waals surface area contributed by atoms with Crippen molar-refractivity contribution in [1.29, 1.82) is 0 Å². The monoisotopic (exact) mass is 290 g/mol. The molecule has 0 saturated heterocycles. The molecule has 2 rings (SSSR count). The summed E-state index contributed by atoms with van der Waals surface area (Å²) in [5, 5.41) is 3.23. The molecule has 1 heterocycles. The van der Waals surface area contributed by atoms with Gasteiger partial charge in [0, 0.05) is 23.3 Å². The minimum Gasteiger partial charge on any atom is -0.497 e. The summed E-state index contributed by atoms with van der Waals surface area (Å²) in [7, 11) is 1.67. The number of hydrogen-bond acceptors (Lipinski definition) is 4. The van der Waals surface area contributed by atoms with E-state index in [9.17, 15) is 0 Å². The van der Waals surface area contributed by atoms with Crippen LogP contribution in [0.1, 0.15) is 43.1 Å². The number of nitrogens with zero attached hydrogens (tertiary/aromatic N) is 1. The molecule has 0 saturated carbocycles. The van der Waals surface area contributed by atoms with Crippen molar-refractivity contribution in [3.8, 4) is 5.75 Å². The van der Waals surface area contributed by atoms with Gasteiger partial charge < -0.3 is 10.5 Å².